The lowest BCUT2D eigenvalue weighted by atomic mass is 10.0. The highest BCUT2D eigenvalue weighted by atomic mass is 16.4. The first-order chi connectivity index (χ1) is 18.5. The topological polar surface area (TPSA) is 247 Å². The standard InChI is InChI=1S/C24H34N8O7/c25-24(26)27-10-4-7-15-21(36)29-13-20(35)31-16(9-8-14-5-2-1-3-6-14)22(37)32-17(23(38)39)11-18(33)28-12-19(34)30-15/h1-3,5-6,15-17H,4,7-13H2,(H,28,33)(H,29,36)(H,30,34)(H,31,35)(H,32,37)(H,38,39)(H4,25,26,27)/t15-,16+,17-/m0/s1. The average Bonchev–Trinajstić information content (AvgIpc) is 2.89. The van der Waals surface area contributed by atoms with Gasteiger partial charge in [-0.3, -0.25) is 29.0 Å². The summed E-state index contributed by atoms with van der Waals surface area (Å²) in [5, 5.41) is 21.5. The summed E-state index contributed by atoms with van der Waals surface area (Å²) in [6.45, 7) is -0.863. The maximum atomic E-state index is 13.0. The molecule has 1 fully saturated rings. The summed E-state index contributed by atoms with van der Waals surface area (Å²) in [5.74, 6) is -5.33. The minimum Gasteiger partial charge on any atom is -0.480 e. The zero-order valence-electron chi connectivity index (χ0n) is 21.3. The number of aliphatic carboxylic acids is 1. The van der Waals surface area contributed by atoms with Gasteiger partial charge >= 0.3 is 5.97 Å². The molecule has 1 aromatic rings. The first kappa shape index (κ1) is 30.5. The molecule has 0 bridgehead atoms. The van der Waals surface area contributed by atoms with E-state index in [1.807, 2.05) is 30.3 Å². The molecule has 1 heterocycles. The number of hydrogen-bond acceptors (Lipinski definition) is 7. The zero-order chi connectivity index (χ0) is 28.8. The van der Waals surface area contributed by atoms with Crippen molar-refractivity contribution < 1.29 is 33.9 Å². The van der Waals surface area contributed by atoms with Crippen molar-refractivity contribution in [1.29, 1.82) is 0 Å². The Bertz CT molecular complexity index is 1080. The molecule has 212 valence electrons. The molecule has 0 saturated carbocycles. The summed E-state index contributed by atoms with van der Waals surface area (Å²) >= 11 is 0. The third-order valence-electron chi connectivity index (χ3n) is 5.69. The molecule has 0 spiro atoms. The van der Waals surface area contributed by atoms with Crippen LogP contribution in [0.15, 0.2) is 35.3 Å². The minimum atomic E-state index is -1.60. The van der Waals surface area contributed by atoms with Gasteiger partial charge in [0.1, 0.15) is 18.1 Å². The molecule has 15 nitrogen and oxygen atoms in total. The van der Waals surface area contributed by atoms with Crippen molar-refractivity contribution in [3.05, 3.63) is 35.9 Å². The van der Waals surface area contributed by atoms with E-state index in [1.54, 1.807) is 0 Å². The summed E-state index contributed by atoms with van der Waals surface area (Å²) in [4.78, 5) is 78.5. The SMILES string of the molecule is NC(N)=NCCC[C@@H]1NC(=O)CNC(=O)C[C@@H](C(=O)O)NC(=O)[C@@H](CCc2ccccc2)NC(=O)CNC1=O. The van der Waals surface area contributed by atoms with Gasteiger partial charge in [-0.2, -0.15) is 0 Å². The fraction of sp³-hybridized carbons (Fsp3) is 0.458. The molecule has 2 rings (SSSR count). The number of carbonyl (C=O) groups excluding carboxylic acids is 5. The van der Waals surface area contributed by atoms with Gasteiger partial charge in [-0.25, -0.2) is 4.79 Å². The van der Waals surface area contributed by atoms with Gasteiger partial charge in [-0.1, -0.05) is 30.3 Å². The van der Waals surface area contributed by atoms with Gasteiger partial charge in [0.2, 0.25) is 29.5 Å². The number of amides is 5. The maximum absolute atomic E-state index is 13.0. The number of guanidine groups is 1. The maximum Gasteiger partial charge on any atom is 0.326 e. The molecule has 39 heavy (non-hydrogen) atoms. The second-order valence-electron chi connectivity index (χ2n) is 8.81. The Morgan fingerprint density at radius 2 is 1.46 bits per heavy atom. The van der Waals surface area contributed by atoms with Crippen molar-refractivity contribution >= 4 is 41.5 Å². The summed E-state index contributed by atoms with van der Waals surface area (Å²) in [5.41, 5.74) is 11.5. The second-order valence-corrected chi connectivity index (χ2v) is 8.81. The lowest BCUT2D eigenvalue weighted by Crippen LogP contribution is -2.56. The van der Waals surface area contributed by atoms with E-state index in [-0.39, 0.29) is 25.3 Å². The highest BCUT2D eigenvalue weighted by Gasteiger charge is 2.29. The summed E-state index contributed by atoms with van der Waals surface area (Å²) in [7, 11) is 0. The molecule has 1 aromatic carbocycles. The number of carboxylic acid groups (broad SMARTS) is 1. The second kappa shape index (κ2) is 15.5. The number of carboxylic acids is 1. The van der Waals surface area contributed by atoms with Gasteiger partial charge < -0.3 is 43.2 Å². The largest absolute Gasteiger partial charge is 0.480 e. The Morgan fingerprint density at radius 1 is 0.846 bits per heavy atom. The van der Waals surface area contributed by atoms with Crippen LogP contribution in [0.1, 0.15) is 31.2 Å². The van der Waals surface area contributed by atoms with E-state index in [0.29, 0.717) is 12.8 Å². The van der Waals surface area contributed by atoms with Crippen LogP contribution < -0.4 is 38.1 Å². The normalized spacial score (nSPS) is 21.4. The molecule has 15 heteroatoms. The van der Waals surface area contributed by atoms with Crippen LogP contribution in [0.4, 0.5) is 0 Å². The highest BCUT2D eigenvalue weighted by molar-refractivity contribution is 5.95. The van der Waals surface area contributed by atoms with E-state index >= 15 is 0 Å². The molecular weight excluding hydrogens is 512 g/mol. The van der Waals surface area contributed by atoms with Crippen molar-refractivity contribution in [2.75, 3.05) is 19.6 Å². The predicted molar refractivity (Wildman–Crippen MR) is 139 cm³/mol. The number of nitrogens with two attached hydrogens (primary N) is 2. The fourth-order valence-electron chi connectivity index (χ4n) is 3.69. The Kier molecular flexibility index (Phi) is 12.2. The Hall–Kier alpha value is -4.69. The quantitative estimate of drug-likeness (QED) is 0.0930. The first-order valence-electron chi connectivity index (χ1n) is 12.3. The number of aliphatic imine (C=N–C) groups is 1. The minimum absolute atomic E-state index is 0.118. The van der Waals surface area contributed by atoms with Crippen molar-refractivity contribution in [2.45, 2.75) is 50.2 Å². The Balaban J connectivity index is 2.21. The van der Waals surface area contributed by atoms with Crippen molar-refractivity contribution in [3.8, 4) is 0 Å². The van der Waals surface area contributed by atoms with Crippen LogP contribution in [-0.2, 0) is 35.2 Å². The van der Waals surface area contributed by atoms with Gasteiger partial charge in [-0.05, 0) is 31.2 Å². The number of carbonyl (C=O) groups is 6. The molecule has 3 atom stereocenters. The lowest BCUT2D eigenvalue weighted by molar-refractivity contribution is -0.144. The van der Waals surface area contributed by atoms with E-state index in [2.05, 4.69) is 31.6 Å². The monoisotopic (exact) mass is 546 g/mol. The molecule has 0 aromatic heterocycles. The van der Waals surface area contributed by atoms with Crippen LogP contribution >= 0.6 is 0 Å². The molecule has 0 unspecified atom stereocenters. The molecule has 10 N–H and O–H groups in total. The molecular formula is C24H34N8O7. The molecule has 0 aliphatic carbocycles. The highest BCUT2D eigenvalue weighted by Crippen LogP contribution is 2.07. The van der Waals surface area contributed by atoms with Gasteiger partial charge in [0.25, 0.3) is 0 Å². The van der Waals surface area contributed by atoms with Crippen LogP contribution in [0.3, 0.4) is 0 Å². The van der Waals surface area contributed by atoms with E-state index in [9.17, 15) is 33.9 Å². The van der Waals surface area contributed by atoms with E-state index in [4.69, 9.17) is 11.5 Å². The van der Waals surface area contributed by atoms with Crippen LogP contribution in [-0.4, -0.2) is 84.3 Å². The fourth-order valence-corrected chi connectivity index (χ4v) is 3.69. The number of rotatable bonds is 8. The molecule has 1 saturated heterocycles. The number of aryl methyl sites for hydroxylation is 1. The van der Waals surface area contributed by atoms with Crippen LogP contribution in [0, 0.1) is 0 Å². The van der Waals surface area contributed by atoms with Crippen molar-refractivity contribution in [3.63, 3.8) is 0 Å². The van der Waals surface area contributed by atoms with E-state index in [0.717, 1.165) is 5.56 Å². The van der Waals surface area contributed by atoms with Gasteiger partial charge in [0.05, 0.1) is 19.5 Å². The van der Waals surface area contributed by atoms with Crippen LogP contribution in [0.25, 0.3) is 0 Å². The van der Waals surface area contributed by atoms with Crippen LogP contribution in [0.2, 0.25) is 0 Å². The smallest absolute Gasteiger partial charge is 0.326 e. The first-order valence-corrected chi connectivity index (χ1v) is 12.3. The van der Waals surface area contributed by atoms with Gasteiger partial charge in [0, 0.05) is 6.54 Å². The van der Waals surface area contributed by atoms with E-state index in [1.165, 1.54) is 0 Å². The zero-order valence-corrected chi connectivity index (χ0v) is 21.3. The number of benzene rings is 1. The van der Waals surface area contributed by atoms with E-state index < -0.39 is 73.1 Å². The molecule has 5 amide bonds. The Morgan fingerprint density at radius 3 is 2.08 bits per heavy atom. The molecule has 0 radical (unpaired) electrons. The molecule has 1 aliphatic rings. The third-order valence-corrected chi connectivity index (χ3v) is 5.69. The predicted octanol–water partition coefficient (Wildman–Crippen LogP) is -3.15. The summed E-state index contributed by atoms with van der Waals surface area (Å²) in [6.07, 6.45) is 0.283. The summed E-state index contributed by atoms with van der Waals surface area (Å²) < 4.78 is 0. The summed E-state index contributed by atoms with van der Waals surface area (Å²) in [6, 6.07) is 5.29. The lowest BCUT2D eigenvalue weighted by Gasteiger charge is -2.23. The third kappa shape index (κ3) is 11.5. The number of nitrogens with zero attached hydrogens (tertiary/aromatic N) is 1. The van der Waals surface area contributed by atoms with Crippen molar-refractivity contribution in [2.24, 2.45) is 16.5 Å². The van der Waals surface area contributed by atoms with Gasteiger partial charge in [0.15, 0.2) is 5.96 Å². The van der Waals surface area contributed by atoms with Gasteiger partial charge in [-0.15, -0.1) is 0 Å². The average molecular weight is 547 g/mol. The van der Waals surface area contributed by atoms with Crippen molar-refractivity contribution in [1.82, 2.24) is 26.6 Å². The number of hydrogen-bond donors (Lipinski definition) is 8. The van der Waals surface area contributed by atoms with Crippen LogP contribution in [0.5, 0.6) is 0 Å². The Labute approximate surface area is 224 Å². The molecule has 1 aliphatic heterocycles. The number of nitrogens with one attached hydrogen (secondary N) is 5.